The molecule has 0 amide bonds. The van der Waals surface area contributed by atoms with Crippen molar-refractivity contribution in [3.05, 3.63) is 59.7 Å². The van der Waals surface area contributed by atoms with Gasteiger partial charge in [0.05, 0.1) is 18.1 Å². The maximum absolute atomic E-state index is 12.3. The third-order valence-electron chi connectivity index (χ3n) is 2.79. The molecule has 6 heteroatoms. The van der Waals surface area contributed by atoms with Gasteiger partial charge in [-0.2, -0.15) is 10.5 Å². The van der Waals surface area contributed by atoms with Crippen molar-refractivity contribution in [2.75, 3.05) is 4.72 Å². The van der Waals surface area contributed by atoms with Crippen LogP contribution in [0, 0.1) is 22.7 Å². The van der Waals surface area contributed by atoms with Crippen LogP contribution in [0.2, 0.25) is 0 Å². The molecular formula is C15H11N3O2S. The second kappa shape index (κ2) is 6.08. The molecule has 0 bridgehead atoms. The molecule has 0 fully saturated rings. The summed E-state index contributed by atoms with van der Waals surface area (Å²) < 4.78 is 27.0. The number of anilines is 1. The van der Waals surface area contributed by atoms with E-state index in [-0.39, 0.29) is 16.9 Å². The minimum absolute atomic E-state index is 0.0615. The Morgan fingerprint density at radius 3 is 2.29 bits per heavy atom. The van der Waals surface area contributed by atoms with E-state index in [0.29, 0.717) is 5.69 Å². The van der Waals surface area contributed by atoms with Gasteiger partial charge in [-0.25, -0.2) is 8.42 Å². The summed E-state index contributed by atoms with van der Waals surface area (Å²) in [6, 6.07) is 16.4. The van der Waals surface area contributed by atoms with Crippen molar-refractivity contribution in [1.82, 2.24) is 0 Å². The van der Waals surface area contributed by atoms with Crippen molar-refractivity contribution < 1.29 is 8.42 Å². The Hall–Kier alpha value is -2.83. The molecule has 0 radical (unpaired) electrons. The summed E-state index contributed by atoms with van der Waals surface area (Å²) in [6.07, 6.45) is 0.268. The van der Waals surface area contributed by atoms with Crippen LogP contribution in [0.1, 0.15) is 11.1 Å². The highest BCUT2D eigenvalue weighted by atomic mass is 32.2. The summed E-state index contributed by atoms with van der Waals surface area (Å²) in [5.41, 5.74) is 1.27. The van der Waals surface area contributed by atoms with Crippen molar-refractivity contribution >= 4 is 15.7 Å². The molecule has 0 aliphatic heterocycles. The lowest BCUT2D eigenvalue weighted by atomic mass is 10.1. The fourth-order valence-corrected chi connectivity index (χ4v) is 3.00. The Morgan fingerprint density at radius 1 is 1.00 bits per heavy atom. The van der Waals surface area contributed by atoms with E-state index in [1.165, 1.54) is 12.1 Å². The number of nitrogens with one attached hydrogen (secondary N) is 1. The van der Waals surface area contributed by atoms with Crippen molar-refractivity contribution in [3.8, 4) is 12.1 Å². The molecule has 2 aromatic carbocycles. The highest BCUT2D eigenvalue weighted by molar-refractivity contribution is 7.92. The second-order valence-corrected chi connectivity index (χ2v) is 5.90. The number of benzene rings is 2. The molecule has 0 aliphatic carbocycles. The van der Waals surface area contributed by atoms with Crippen LogP contribution in [-0.4, -0.2) is 8.42 Å². The van der Waals surface area contributed by atoms with Gasteiger partial charge in [0.2, 0.25) is 0 Å². The predicted molar refractivity (Wildman–Crippen MR) is 77.7 cm³/mol. The van der Waals surface area contributed by atoms with Gasteiger partial charge in [0.15, 0.2) is 0 Å². The lowest BCUT2D eigenvalue weighted by Crippen LogP contribution is -2.14. The summed E-state index contributed by atoms with van der Waals surface area (Å²) in [5, 5.41) is 17.6. The average Bonchev–Trinajstić information content (AvgIpc) is 2.49. The van der Waals surface area contributed by atoms with Crippen molar-refractivity contribution in [1.29, 1.82) is 10.5 Å². The summed E-state index contributed by atoms with van der Waals surface area (Å²) in [6.45, 7) is 0. The smallest absolute Gasteiger partial charge is 0.263 e. The van der Waals surface area contributed by atoms with Gasteiger partial charge in [0.1, 0.15) is 11.0 Å². The number of rotatable bonds is 4. The third kappa shape index (κ3) is 3.38. The normalized spacial score (nSPS) is 10.4. The number of nitriles is 2. The first kappa shape index (κ1) is 14.6. The third-order valence-corrected chi connectivity index (χ3v) is 4.23. The van der Waals surface area contributed by atoms with E-state index in [2.05, 4.69) is 4.72 Å². The number of hydrogen-bond acceptors (Lipinski definition) is 4. The summed E-state index contributed by atoms with van der Waals surface area (Å²) in [4.78, 5) is -0.0615. The zero-order chi connectivity index (χ0) is 15.3. The molecule has 1 N–H and O–H groups in total. The first-order chi connectivity index (χ1) is 10.1. The van der Waals surface area contributed by atoms with E-state index >= 15 is 0 Å². The molecule has 5 nitrogen and oxygen atoms in total. The molecule has 0 aliphatic rings. The largest absolute Gasteiger partial charge is 0.280 e. The molecule has 0 heterocycles. The topological polar surface area (TPSA) is 93.8 Å². The molecule has 0 aromatic heterocycles. The van der Waals surface area contributed by atoms with Gasteiger partial charge in [0, 0.05) is 5.69 Å². The lowest BCUT2D eigenvalue weighted by Gasteiger charge is -2.09. The quantitative estimate of drug-likeness (QED) is 0.937. The van der Waals surface area contributed by atoms with Gasteiger partial charge in [0.25, 0.3) is 10.0 Å². The molecule has 21 heavy (non-hydrogen) atoms. The van der Waals surface area contributed by atoms with Gasteiger partial charge in [-0.1, -0.05) is 24.3 Å². The van der Waals surface area contributed by atoms with Crippen molar-refractivity contribution in [2.45, 2.75) is 11.3 Å². The first-order valence-corrected chi connectivity index (χ1v) is 7.53. The van der Waals surface area contributed by atoms with Crippen LogP contribution in [0.25, 0.3) is 0 Å². The van der Waals surface area contributed by atoms with Crippen LogP contribution < -0.4 is 4.72 Å². The molecule has 2 aromatic rings. The Kier molecular flexibility index (Phi) is 4.22. The highest BCUT2D eigenvalue weighted by Crippen LogP contribution is 2.19. The monoisotopic (exact) mass is 297 g/mol. The minimum atomic E-state index is -3.82. The fourth-order valence-electron chi connectivity index (χ4n) is 1.79. The molecule has 0 atom stereocenters. The summed E-state index contributed by atoms with van der Waals surface area (Å²) in [5.74, 6) is 0. The highest BCUT2D eigenvalue weighted by Gasteiger charge is 2.18. The Labute approximate surface area is 123 Å². The minimum Gasteiger partial charge on any atom is -0.280 e. The molecule has 0 saturated heterocycles. The number of hydrogen-bond donors (Lipinski definition) is 1. The Morgan fingerprint density at radius 2 is 1.67 bits per heavy atom. The molecule has 104 valence electrons. The summed E-state index contributed by atoms with van der Waals surface area (Å²) in [7, 11) is -3.82. The van der Waals surface area contributed by atoms with Gasteiger partial charge < -0.3 is 0 Å². The Bertz CT molecular complexity index is 828. The van der Waals surface area contributed by atoms with Gasteiger partial charge in [-0.15, -0.1) is 0 Å². The predicted octanol–water partition coefficient (Wildman–Crippen LogP) is 2.43. The van der Waals surface area contributed by atoms with E-state index in [9.17, 15) is 8.42 Å². The standard InChI is InChI=1S/C15H11N3O2S/c16-10-9-12-5-7-14(8-6-12)18-21(19,20)15-4-2-1-3-13(15)11-17/h1-8,18H,9H2. The van der Waals surface area contributed by atoms with Gasteiger partial charge >= 0.3 is 0 Å². The zero-order valence-corrected chi connectivity index (χ0v) is 11.8. The molecule has 0 spiro atoms. The SMILES string of the molecule is N#CCc1ccc(NS(=O)(=O)c2ccccc2C#N)cc1. The van der Waals surface area contributed by atoms with Crippen LogP contribution >= 0.6 is 0 Å². The zero-order valence-electron chi connectivity index (χ0n) is 10.9. The maximum atomic E-state index is 12.3. The second-order valence-electron chi connectivity index (χ2n) is 4.25. The van der Waals surface area contributed by atoms with Crippen LogP contribution in [0.15, 0.2) is 53.4 Å². The van der Waals surface area contributed by atoms with E-state index in [1.807, 2.05) is 12.1 Å². The van der Waals surface area contributed by atoms with Crippen molar-refractivity contribution in [2.24, 2.45) is 0 Å². The number of sulfonamides is 1. The number of nitrogens with zero attached hydrogens (tertiary/aromatic N) is 2. The molecule has 0 unspecified atom stereocenters. The van der Waals surface area contributed by atoms with Crippen LogP contribution in [0.4, 0.5) is 5.69 Å². The van der Waals surface area contributed by atoms with E-state index in [0.717, 1.165) is 5.56 Å². The maximum Gasteiger partial charge on any atom is 0.263 e. The average molecular weight is 297 g/mol. The van der Waals surface area contributed by atoms with Crippen LogP contribution in [0.5, 0.6) is 0 Å². The summed E-state index contributed by atoms with van der Waals surface area (Å²) >= 11 is 0. The lowest BCUT2D eigenvalue weighted by molar-refractivity contribution is 0.601. The van der Waals surface area contributed by atoms with E-state index in [4.69, 9.17) is 10.5 Å². The van der Waals surface area contributed by atoms with Gasteiger partial charge in [-0.3, -0.25) is 4.72 Å². The first-order valence-electron chi connectivity index (χ1n) is 6.04. The molecule has 0 saturated carbocycles. The van der Waals surface area contributed by atoms with E-state index in [1.54, 1.807) is 36.4 Å². The molecular weight excluding hydrogens is 286 g/mol. The Balaban J connectivity index is 2.30. The van der Waals surface area contributed by atoms with E-state index < -0.39 is 10.0 Å². The fraction of sp³-hybridized carbons (Fsp3) is 0.0667. The van der Waals surface area contributed by atoms with Crippen molar-refractivity contribution in [3.63, 3.8) is 0 Å². The van der Waals surface area contributed by atoms with Gasteiger partial charge in [-0.05, 0) is 29.8 Å². The van der Waals surface area contributed by atoms with Crippen LogP contribution in [-0.2, 0) is 16.4 Å². The molecule has 2 rings (SSSR count). The van der Waals surface area contributed by atoms with Crippen LogP contribution in [0.3, 0.4) is 0 Å².